The van der Waals surface area contributed by atoms with E-state index in [-0.39, 0.29) is 0 Å². The molecule has 1 nitrogen and oxygen atoms in total. The Morgan fingerprint density at radius 3 is 2.33 bits per heavy atom. The second-order valence-electron chi connectivity index (χ2n) is 4.05. The maximum absolute atomic E-state index is 3.46. The summed E-state index contributed by atoms with van der Waals surface area (Å²) in [5.74, 6) is 0. The van der Waals surface area contributed by atoms with Gasteiger partial charge in [-0.1, -0.05) is 41.4 Å². The monoisotopic (exact) mass is 269 g/mol. The molecule has 0 aliphatic rings. The molecule has 1 aromatic rings. The van der Waals surface area contributed by atoms with E-state index < -0.39 is 0 Å². The SMILES string of the molecule is CCCC(C)N(C)c1ccc(CBr)cc1. The van der Waals surface area contributed by atoms with Gasteiger partial charge in [0, 0.05) is 24.1 Å². The molecule has 1 rings (SSSR count). The third kappa shape index (κ3) is 3.53. The van der Waals surface area contributed by atoms with Gasteiger partial charge in [0.2, 0.25) is 0 Å². The lowest BCUT2D eigenvalue weighted by molar-refractivity contribution is 0.616. The molecule has 1 unspecified atom stereocenters. The van der Waals surface area contributed by atoms with Crippen LogP contribution in [0.5, 0.6) is 0 Å². The average molecular weight is 270 g/mol. The Balaban J connectivity index is 2.69. The van der Waals surface area contributed by atoms with Crippen LogP contribution in [0, 0.1) is 0 Å². The van der Waals surface area contributed by atoms with Crippen molar-refractivity contribution in [1.82, 2.24) is 0 Å². The Hall–Kier alpha value is -0.500. The van der Waals surface area contributed by atoms with Gasteiger partial charge in [-0.25, -0.2) is 0 Å². The summed E-state index contributed by atoms with van der Waals surface area (Å²) in [5, 5.41) is 0.932. The van der Waals surface area contributed by atoms with Gasteiger partial charge >= 0.3 is 0 Å². The van der Waals surface area contributed by atoms with Crippen molar-refractivity contribution in [3.05, 3.63) is 29.8 Å². The maximum atomic E-state index is 3.46. The highest BCUT2D eigenvalue weighted by Gasteiger charge is 2.08. The van der Waals surface area contributed by atoms with Gasteiger partial charge in [0.25, 0.3) is 0 Å². The number of rotatable bonds is 5. The Labute approximate surface area is 102 Å². The van der Waals surface area contributed by atoms with Crippen LogP contribution in [0.4, 0.5) is 5.69 Å². The normalized spacial score (nSPS) is 12.5. The minimum Gasteiger partial charge on any atom is -0.372 e. The standard InChI is InChI=1S/C13H20BrN/c1-4-5-11(2)15(3)13-8-6-12(10-14)7-9-13/h6-9,11H,4-5,10H2,1-3H3. The summed E-state index contributed by atoms with van der Waals surface area (Å²) in [6.07, 6.45) is 2.49. The number of halogens is 1. The Morgan fingerprint density at radius 1 is 1.27 bits per heavy atom. The first-order chi connectivity index (χ1) is 7.19. The lowest BCUT2D eigenvalue weighted by Crippen LogP contribution is -2.28. The zero-order valence-electron chi connectivity index (χ0n) is 9.83. The van der Waals surface area contributed by atoms with Crippen molar-refractivity contribution in [1.29, 1.82) is 0 Å². The summed E-state index contributed by atoms with van der Waals surface area (Å²) in [4.78, 5) is 2.35. The van der Waals surface area contributed by atoms with Gasteiger partial charge in [-0.3, -0.25) is 0 Å². The highest BCUT2D eigenvalue weighted by atomic mass is 79.9. The van der Waals surface area contributed by atoms with Crippen molar-refractivity contribution < 1.29 is 0 Å². The van der Waals surface area contributed by atoms with Crippen molar-refractivity contribution in [3.63, 3.8) is 0 Å². The first-order valence-corrected chi connectivity index (χ1v) is 6.69. The number of anilines is 1. The van der Waals surface area contributed by atoms with E-state index in [9.17, 15) is 0 Å². The molecular formula is C13H20BrN. The molecule has 0 aromatic heterocycles. The van der Waals surface area contributed by atoms with E-state index in [0.717, 1.165) is 5.33 Å². The van der Waals surface area contributed by atoms with Crippen LogP contribution in [0.15, 0.2) is 24.3 Å². The predicted octanol–water partition coefficient (Wildman–Crippen LogP) is 4.21. The minimum absolute atomic E-state index is 0.616. The van der Waals surface area contributed by atoms with Gasteiger partial charge in [0.15, 0.2) is 0 Å². The highest BCUT2D eigenvalue weighted by molar-refractivity contribution is 9.08. The molecule has 1 aromatic carbocycles. The molecule has 0 fully saturated rings. The summed E-state index contributed by atoms with van der Waals surface area (Å²) in [5.41, 5.74) is 2.64. The van der Waals surface area contributed by atoms with Crippen molar-refractivity contribution >= 4 is 21.6 Å². The van der Waals surface area contributed by atoms with Crippen LogP contribution in [0.1, 0.15) is 32.3 Å². The van der Waals surface area contributed by atoms with E-state index in [1.54, 1.807) is 0 Å². The summed E-state index contributed by atoms with van der Waals surface area (Å²) in [6, 6.07) is 9.37. The molecule has 0 amide bonds. The fraction of sp³-hybridized carbons (Fsp3) is 0.538. The molecule has 0 saturated heterocycles. The van der Waals surface area contributed by atoms with Crippen molar-refractivity contribution in [2.75, 3.05) is 11.9 Å². The zero-order chi connectivity index (χ0) is 11.3. The van der Waals surface area contributed by atoms with Crippen molar-refractivity contribution in [2.45, 2.75) is 38.1 Å². The predicted molar refractivity (Wildman–Crippen MR) is 71.8 cm³/mol. The van der Waals surface area contributed by atoms with E-state index in [1.807, 2.05) is 0 Å². The van der Waals surface area contributed by atoms with E-state index in [0.29, 0.717) is 6.04 Å². The molecule has 0 aliphatic heterocycles. The summed E-state index contributed by atoms with van der Waals surface area (Å²) >= 11 is 3.46. The first kappa shape index (κ1) is 12.6. The Morgan fingerprint density at radius 2 is 1.87 bits per heavy atom. The fourth-order valence-electron chi connectivity index (χ4n) is 1.69. The first-order valence-electron chi connectivity index (χ1n) is 5.56. The van der Waals surface area contributed by atoms with Crippen LogP contribution in [-0.2, 0) is 5.33 Å². The van der Waals surface area contributed by atoms with Crippen LogP contribution in [0.2, 0.25) is 0 Å². The smallest absolute Gasteiger partial charge is 0.0366 e. The van der Waals surface area contributed by atoms with Crippen LogP contribution in [-0.4, -0.2) is 13.1 Å². The molecule has 1 atom stereocenters. The van der Waals surface area contributed by atoms with Gasteiger partial charge in [-0.05, 0) is 31.0 Å². The molecule has 0 saturated carbocycles. The van der Waals surface area contributed by atoms with E-state index >= 15 is 0 Å². The lowest BCUT2D eigenvalue weighted by Gasteiger charge is -2.26. The lowest BCUT2D eigenvalue weighted by atomic mass is 10.1. The van der Waals surface area contributed by atoms with E-state index in [4.69, 9.17) is 0 Å². The van der Waals surface area contributed by atoms with Gasteiger partial charge in [-0.2, -0.15) is 0 Å². The van der Waals surface area contributed by atoms with E-state index in [2.05, 4.69) is 66.0 Å². The Bertz CT molecular complexity index is 281. The van der Waals surface area contributed by atoms with Crippen LogP contribution >= 0.6 is 15.9 Å². The second-order valence-corrected chi connectivity index (χ2v) is 4.61. The van der Waals surface area contributed by atoms with E-state index in [1.165, 1.54) is 24.1 Å². The quantitative estimate of drug-likeness (QED) is 0.724. The van der Waals surface area contributed by atoms with Gasteiger partial charge in [-0.15, -0.1) is 0 Å². The molecule has 0 spiro atoms. The van der Waals surface area contributed by atoms with Gasteiger partial charge in [0.1, 0.15) is 0 Å². The Kier molecular flexibility index (Phi) is 5.16. The number of alkyl halides is 1. The average Bonchev–Trinajstić information content (AvgIpc) is 2.28. The van der Waals surface area contributed by atoms with Crippen molar-refractivity contribution in [3.8, 4) is 0 Å². The third-order valence-electron chi connectivity index (χ3n) is 2.87. The number of benzene rings is 1. The number of hydrogen-bond acceptors (Lipinski definition) is 1. The third-order valence-corrected chi connectivity index (χ3v) is 3.51. The summed E-state index contributed by atoms with van der Waals surface area (Å²) in [6.45, 7) is 4.51. The van der Waals surface area contributed by atoms with Crippen LogP contribution in [0.3, 0.4) is 0 Å². The van der Waals surface area contributed by atoms with Crippen molar-refractivity contribution in [2.24, 2.45) is 0 Å². The topological polar surface area (TPSA) is 3.24 Å². The molecule has 84 valence electrons. The zero-order valence-corrected chi connectivity index (χ0v) is 11.4. The summed E-state index contributed by atoms with van der Waals surface area (Å²) in [7, 11) is 2.17. The molecule has 2 heteroatoms. The largest absolute Gasteiger partial charge is 0.372 e. The second kappa shape index (κ2) is 6.16. The van der Waals surface area contributed by atoms with Crippen LogP contribution < -0.4 is 4.90 Å². The summed E-state index contributed by atoms with van der Waals surface area (Å²) < 4.78 is 0. The molecule has 0 radical (unpaired) electrons. The highest BCUT2D eigenvalue weighted by Crippen LogP contribution is 2.19. The number of nitrogens with zero attached hydrogens (tertiary/aromatic N) is 1. The molecule has 0 heterocycles. The fourth-order valence-corrected chi connectivity index (χ4v) is 2.06. The molecular weight excluding hydrogens is 250 g/mol. The molecule has 0 aliphatic carbocycles. The molecule has 0 bridgehead atoms. The van der Waals surface area contributed by atoms with Gasteiger partial charge in [0.05, 0.1) is 0 Å². The van der Waals surface area contributed by atoms with Crippen LogP contribution in [0.25, 0.3) is 0 Å². The van der Waals surface area contributed by atoms with Gasteiger partial charge < -0.3 is 4.90 Å². The molecule has 0 N–H and O–H groups in total. The molecule has 15 heavy (non-hydrogen) atoms. The maximum Gasteiger partial charge on any atom is 0.0366 e. The number of hydrogen-bond donors (Lipinski definition) is 0. The minimum atomic E-state index is 0.616.